The Bertz CT molecular complexity index is 427. The molecule has 0 aromatic heterocycles. The Morgan fingerprint density at radius 3 is 2.47 bits per heavy atom. The van der Waals surface area contributed by atoms with E-state index in [1.165, 1.54) is 11.8 Å². The van der Waals surface area contributed by atoms with E-state index in [1.54, 1.807) is 0 Å². The van der Waals surface area contributed by atoms with Crippen LogP contribution in [0.5, 0.6) is 0 Å². The first-order valence-corrected chi connectivity index (χ1v) is 6.77. The van der Waals surface area contributed by atoms with Crippen LogP contribution in [0.2, 0.25) is 0 Å². The molecule has 4 nitrogen and oxygen atoms in total. The van der Waals surface area contributed by atoms with E-state index in [1.807, 2.05) is 37.3 Å². The monoisotopic (exact) mass is 285 g/mol. The third-order valence-electron chi connectivity index (χ3n) is 2.45. The van der Waals surface area contributed by atoms with Gasteiger partial charge in [0.1, 0.15) is 6.67 Å². The molecule has 0 heterocycles. The lowest BCUT2D eigenvalue weighted by Crippen LogP contribution is -2.45. The van der Waals surface area contributed by atoms with Crippen molar-refractivity contribution >= 4 is 23.6 Å². The minimum atomic E-state index is -1.47. The van der Waals surface area contributed by atoms with Crippen molar-refractivity contribution in [1.82, 2.24) is 5.32 Å². The molecule has 2 N–H and O–H groups in total. The van der Waals surface area contributed by atoms with Crippen molar-refractivity contribution in [1.29, 1.82) is 0 Å². The van der Waals surface area contributed by atoms with Gasteiger partial charge in [-0.25, -0.2) is 9.18 Å². The summed E-state index contributed by atoms with van der Waals surface area (Å²) in [5, 5.41) is 10.5. The zero-order chi connectivity index (χ0) is 14.3. The van der Waals surface area contributed by atoms with Gasteiger partial charge in [-0.05, 0) is 18.6 Å². The lowest BCUT2D eigenvalue weighted by Gasteiger charge is -2.17. The summed E-state index contributed by atoms with van der Waals surface area (Å²) >= 11 is 1.33. The highest BCUT2D eigenvalue weighted by Crippen LogP contribution is 2.25. The number of nitrogens with one attached hydrogen (secondary N) is 1. The van der Waals surface area contributed by atoms with Crippen LogP contribution in [-0.4, -0.2) is 34.9 Å². The van der Waals surface area contributed by atoms with Crippen molar-refractivity contribution in [3.05, 3.63) is 30.3 Å². The van der Waals surface area contributed by atoms with Gasteiger partial charge in [0.15, 0.2) is 6.04 Å². The van der Waals surface area contributed by atoms with E-state index in [9.17, 15) is 14.0 Å². The molecule has 2 atom stereocenters. The Hall–Kier alpha value is -1.56. The number of hydrogen-bond acceptors (Lipinski definition) is 3. The van der Waals surface area contributed by atoms with Gasteiger partial charge < -0.3 is 10.4 Å². The number of aliphatic carboxylic acids is 1. The Balaban J connectivity index is 2.64. The summed E-state index contributed by atoms with van der Waals surface area (Å²) in [6, 6.07) is 7.84. The summed E-state index contributed by atoms with van der Waals surface area (Å²) in [7, 11) is 0. The van der Waals surface area contributed by atoms with Crippen LogP contribution in [0.25, 0.3) is 0 Å². The van der Waals surface area contributed by atoms with Gasteiger partial charge in [0.05, 0.1) is 5.25 Å². The number of carboxylic acid groups (broad SMARTS) is 1. The summed E-state index contributed by atoms with van der Waals surface area (Å²) in [6.45, 7) is 0.707. The summed E-state index contributed by atoms with van der Waals surface area (Å²) in [5.41, 5.74) is 0. The summed E-state index contributed by atoms with van der Waals surface area (Å²) in [4.78, 5) is 23.5. The largest absolute Gasteiger partial charge is 0.480 e. The second kappa shape index (κ2) is 7.78. The Morgan fingerprint density at radius 1 is 1.37 bits per heavy atom. The predicted octanol–water partition coefficient (Wildman–Crippen LogP) is 2.10. The van der Waals surface area contributed by atoms with E-state index in [-0.39, 0.29) is 0 Å². The SMILES string of the molecule is CCC(Sc1ccccc1)C(=O)NC(CF)C(=O)O. The van der Waals surface area contributed by atoms with E-state index >= 15 is 0 Å². The molecule has 0 saturated heterocycles. The topological polar surface area (TPSA) is 66.4 Å². The number of carbonyl (C=O) groups excluding carboxylic acids is 1. The highest BCUT2D eigenvalue weighted by Gasteiger charge is 2.24. The quantitative estimate of drug-likeness (QED) is 0.753. The fourth-order valence-electron chi connectivity index (χ4n) is 1.42. The van der Waals surface area contributed by atoms with Gasteiger partial charge in [-0.15, -0.1) is 11.8 Å². The molecule has 0 aliphatic carbocycles. The molecule has 0 aliphatic heterocycles. The lowest BCUT2D eigenvalue weighted by atomic mass is 10.2. The fourth-order valence-corrected chi connectivity index (χ4v) is 2.40. The van der Waals surface area contributed by atoms with Crippen LogP contribution in [0, 0.1) is 0 Å². The van der Waals surface area contributed by atoms with Gasteiger partial charge in [-0.1, -0.05) is 25.1 Å². The number of benzene rings is 1. The molecule has 104 valence electrons. The highest BCUT2D eigenvalue weighted by atomic mass is 32.2. The lowest BCUT2D eigenvalue weighted by molar-refractivity contribution is -0.142. The maximum absolute atomic E-state index is 12.5. The maximum atomic E-state index is 12.5. The van der Waals surface area contributed by atoms with Gasteiger partial charge in [0.25, 0.3) is 0 Å². The van der Waals surface area contributed by atoms with Crippen LogP contribution in [0.3, 0.4) is 0 Å². The van der Waals surface area contributed by atoms with Crippen LogP contribution in [0.1, 0.15) is 13.3 Å². The van der Waals surface area contributed by atoms with E-state index in [2.05, 4.69) is 5.32 Å². The first-order valence-electron chi connectivity index (χ1n) is 5.89. The van der Waals surface area contributed by atoms with Crippen LogP contribution in [0.4, 0.5) is 4.39 Å². The van der Waals surface area contributed by atoms with Crippen LogP contribution in [-0.2, 0) is 9.59 Å². The average Bonchev–Trinajstić information content (AvgIpc) is 2.42. The number of halogens is 1. The zero-order valence-electron chi connectivity index (χ0n) is 10.5. The van der Waals surface area contributed by atoms with E-state index in [0.717, 1.165) is 4.90 Å². The van der Waals surface area contributed by atoms with Gasteiger partial charge in [-0.3, -0.25) is 4.79 Å². The Kier molecular flexibility index (Phi) is 6.35. The summed E-state index contributed by atoms with van der Waals surface area (Å²) in [6.07, 6.45) is 0.532. The average molecular weight is 285 g/mol. The standard InChI is InChI=1S/C13H16FNO3S/c1-2-11(19-9-6-4-3-5-7-9)12(16)15-10(8-14)13(17)18/h3-7,10-11H,2,8H2,1H3,(H,15,16)(H,17,18). The molecule has 6 heteroatoms. The van der Waals surface area contributed by atoms with E-state index < -0.39 is 29.8 Å². The molecule has 0 radical (unpaired) electrons. The highest BCUT2D eigenvalue weighted by molar-refractivity contribution is 8.00. The first kappa shape index (κ1) is 15.5. The number of rotatable bonds is 7. The fraction of sp³-hybridized carbons (Fsp3) is 0.385. The second-order valence-corrected chi connectivity index (χ2v) is 5.16. The van der Waals surface area contributed by atoms with Gasteiger partial charge in [0, 0.05) is 4.90 Å². The smallest absolute Gasteiger partial charge is 0.328 e. The normalized spacial score (nSPS) is 13.6. The molecule has 0 bridgehead atoms. The predicted molar refractivity (Wildman–Crippen MR) is 71.9 cm³/mol. The Labute approximate surface area is 115 Å². The molecule has 19 heavy (non-hydrogen) atoms. The van der Waals surface area contributed by atoms with Crippen LogP contribution < -0.4 is 5.32 Å². The van der Waals surface area contributed by atoms with Crippen molar-refractivity contribution in [2.45, 2.75) is 29.5 Å². The third kappa shape index (κ3) is 4.90. The minimum absolute atomic E-state index is 0.434. The van der Waals surface area contributed by atoms with E-state index in [4.69, 9.17) is 5.11 Å². The molecule has 1 aromatic carbocycles. The minimum Gasteiger partial charge on any atom is -0.480 e. The van der Waals surface area contributed by atoms with Crippen LogP contribution >= 0.6 is 11.8 Å². The third-order valence-corrected chi connectivity index (χ3v) is 3.83. The number of carboxylic acids is 1. The number of hydrogen-bond donors (Lipinski definition) is 2. The number of carbonyl (C=O) groups is 2. The molecule has 1 aromatic rings. The molecule has 1 rings (SSSR count). The van der Waals surface area contributed by atoms with Crippen molar-refractivity contribution < 1.29 is 19.1 Å². The van der Waals surface area contributed by atoms with E-state index in [0.29, 0.717) is 6.42 Å². The zero-order valence-corrected chi connectivity index (χ0v) is 11.3. The van der Waals surface area contributed by atoms with Crippen molar-refractivity contribution in [2.75, 3.05) is 6.67 Å². The summed E-state index contributed by atoms with van der Waals surface area (Å²) in [5.74, 6) is -1.82. The Morgan fingerprint density at radius 2 is 2.00 bits per heavy atom. The first-order chi connectivity index (χ1) is 9.08. The molecular weight excluding hydrogens is 269 g/mol. The van der Waals surface area contributed by atoms with Gasteiger partial charge in [0.2, 0.25) is 5.91 Å². The van der Waals surface area contributed by atoms with Crippen molar-refractivity contribution in [2.24, 2.45) is 0 Å². The van der Waals surface area contributed by atoms with Gasteiger partial charge >= 0.3 is 5.97 Å². The molecule has 0 spiro atoms. The van der Waals surface area contributed by atoms with Gasteiger partial charge in [-0.2, -0.15) is 0 Å². The molecule has 0 saturated carbocycles. The second-order valence-electron chi connectivity index (χ2n) is 3.88. The van der Waals surface area contributed by atoms with Crippen molar-refractivity contribution in [3.8, 4) is 0 Å². The number of alkyl halides is 1. The molecule has 0 fully saturated rings. The van der Waals surface area contributed by atoms with Crippen LogP contribution in [0.15, 0.2) is 35.2 Å². The molecular formula is C13H16FNO3S. The maximum Gasteiger partial charge on any atom is 0.328 e. The summed E-state index contributed by atoms with van der Waals surface area (Å²) < 4.78 is 12.5. The molecule has 2 unspecified atom stereocenters. The van der Waals surface area contributed by atoms with Crippen molar-refractivity contribution in [3.63, 3.8) is 0 Å². The molecule has 0 aliphatic rings. The number of thioether (sulfide) groups is 1. The number of amides is 1. The molecule has 1 amide bonds.